The molecule has 1 N–H and O–H groups in total. The number of nitrogens with zero attached hydrogens (tertiary/aromatic N) is 3. The lowest BCUT2D eigenvalue weighted by Crippen LogP contribution is -2.58. The fourth-order valence-corrected chi connectivity index (χ4v) is 6.45. The quantitative estimate of drug-likeness (QED) is 0.394. The van der Waals surface area contributed by atoms with Crippen LogP contribution in [0.4, 0.5) is 0 Å². The van der Waals surface area contributed by atoms with Crippen molar-refractivity contribution in [1.29, 1.82) is 0 Å². The highest BCUT2D eigenvalue weighted by Crippen LogP contribution is 2.29. The number of rotatable bonds is 10. The first-order valence-corrected chi connectivity index (χ1v) is 15.8. The van der Waals surface area contributed by atoms with Crippen LogP contribution in [0.25, 0.3) is 0 Å². The predicted octanol–water partition coefficient (Wildman–Crippen LogP) is 5.23. The molecule has 7 heteroatoms. The zero-order chi connectivity index (χ0) is 30.3. The standard InChI is InChI=1S/C34H54N4O3/c1-23(2)30(22-26(7)33(40)37-20-17-28(18-21-37)27-14-10-9-11-15-27)36(8)34(41)31(24(3)4)35-32(39)29-16-12-13-19-38(29)25(5)6/h9-11,14-15,22-25,28-31H,12-13,16-21H2,1-8H3,(H,35,39)/t29?,30-,31+/m1/s1. The molecule has 1 aromatic carbocycles. The van der Waals surface area contributed by atoms with Crippen molar-refractivity contribution < 1.29 is 14.4 Å². The SMILES string of the molecule is CC(=C[C@H](C(C)C)N(C)C(=O)[C@@H](NC(=O)C1CCCCN1C(C)C)C(C)C)C(=O)N1CCC(c2ccccc2)CC1. The average molecular weight is 567 g/mol. The Morgan fingerprint density at radius 2 is 1.54 bits per heavy atom. The smallest absolute Gasteiger partial charge is 0.249 e. The maximum atomic E-state index is 13.9. The van der Waals surface area contributed by atoms with Gasteiger partial charge in [0.1, 0.15) is 6.04 Å². The van der Waals surface area contributed by atoms with E-state index in [1.807, 2.05) is 37.8 Å². The summed E-state index contributed by atoms with van der Waals surface area (Å²) in [5.41, 5.74) is 2.01. The van der Waals surface area contributed by atoms with Gasteiger partial charge in [-0.3, -0.25) is 19.3 Å². The number of likely N-dealkylation sites (tertiary alicyclic amines) is 2. The average Bonchev–Trinajstić information content (AvgIpc) is 2.97. The van der Waals surface area contributed by atoms with Crippen LogP contribution in [0, 0.1) is 11.8 Å². The van der Waals surface area contributed by atoms with Gasteiger partial charge in [-0.1, -0.05) is 70.5 Å². The number of piperidine rings is 2. The third-order valence-electron chi connectivity index (χ3n) is 9.03. The van der Waals surface area contributed by atoms with Gasteiger partial charge in [0.25, 0.3) is 0 Å². The van der Waals surface area contributed by atoms with Crippen molar-refractivity contribution in [3.63, 3.8) is 0 Å². The van der Waals surface area contributed by atoms with Crippen LogP contribution in [0.1, 0.15) is 92.1 Å². The van der Waals surface area contributed by atoms with Crippen LogP contribution in [-0.4, -0.2) is 83.3 Å². The molecule has 0 spiro atoms. The Hall–Kier alpha value is -2.67. The van der Waals surface area contributed by atoms with E-state index in [1.165, 1.54) is 5.56 Å². The number of carbonyl (C=O) groups is 3. The first kappa shape index (κ1) is 32.8. The van der Waals surface area contributed by atoms with E-state index in [1.54, 1.807) is 11.9 Å². The van der Waals surface area contributed by atoms with E-state index in [0.29, 0.717) is 11.5 Å². The van der Waals surface area contributed by atoms with Crippen LogP contribution < -0.4 is 5.32 Å². The molecule has 0 bridgehead atoms. The van der Waals surface area contributed by atoms with Crippen molar-refractivity contribution in [1.82, 2.24) is 20.0 Å². The van der Waals surface area contributed by atoms with Gasteiger partial charge in [0.2, 0.25) is 17.7 Å². The van der Waals surface area contributed by atoms with Crippen molar-refractivity contribution in [3.05, 3.63) is 47.5 Å². The van der Waals surface area contributed by atoms with Crippen molar-refractivity contribution in [2.45, 2.75) is 111 Å². The Kier molecular flexibility index (Phi) is 12.0. The van der Waals surface area contributed by atoms with Crippen molar-refractivity contribution in [2.75, 3.05) is 26.7 Å². The van der Waals surface area contributed by atoms with E-state index < -0.39 is 6.04 Å². The Morgan fingerprint density at radius 3 is 2.10 bits per heavy atom. The second-order valence-electron chi connectivity index (χ2n) is 13.1. The summed E-state index contributed by atoms with van der Waals surface area (Å²) in [5, 5.41) is 3.12. The Balaban J connectivity index is 1.68. The van der Waals surface area contributed by atoms with E-state index in [2.05, 4.69) is 62.2 Å². The first-order chi connectivity index (χ1) is 19.4. The highest BCUT2D eigenvalue weighted by Gasteiger charge is 2.36. The lowest BCUT2D eigenvalue weighted by atomic mass is 9.89. The molecule has 0 aromatic heterocycles. The van der Waals surface area contributed by atoms with E-state index >= 15 is 0 Å². The zero-order valence-electron chi connectivity index (χ0n) is 26.7. The molecule has 2 saturated heterocycles. The van der Waals surface area contributed by atoms with Gasteiger partial charge < -0.3 is 15.1 Å². The minimum atomic E-state index is -0.619. The molecule has 41 heavy (non-hydrogen) atoms. The van der Waals surface area contributed by atoms with Gasteiger partial charge in [-0.15, -0.1) is 0 Å². The molecule has 3 amide bonds. The number of benzene rings is 1. The van der Waals surface area contributed by atoms with Crippen LogP contribution in [0.3, 0.4) is 0 Å². The minimum absolute atomic E-state index is 0.0443. The fraction of sp³-hybridized carbons (Fsp3) is 0.676. The van der Waals surface area contributed by atoms with Crippen LogP contribution in [-0.2, 0) is 14.4 Å². The molecular weight excluding hydrogens is 512 g/mol. The molecule has 3 atom stereocenters. The normalized spacial score (nSPS) is 20.8. The summed E-state index contributed by atoms with van der Waals surface area (Å²) >= 11 is 0. The number of nitrogens with one attached hydrogen (secondary N) is 1. The van der Waals surface area contributed by atoms with Crippen molar-refractivity contribution in [3.8, 4) is 0 Å². The summed E-state index contributed by atoms with van der Waals surface area (Å²) in [5.74, 6) is 0.410. The van der Waals surface area contributed by atoms with Crippen LogP contribution in [0.2, 0.25) is 0 Å². The second-order valence-corrected chi connectivity index (χ2v) is 13.1. The van der Waals surface area contributed by atoms with Gasteiger partial charge in [-0.05, 0) is 76.3 Å². The molecule has 1 unspecified atom stereocenters. The zero-order valence-corrected chi connectivity index (χ0v) is 26.7. The lowest BCUT2D eigenvalue weighted by Gasteiger charge is -2.39. The van der Waals surface area contributed by atoms with Crippen molar-refractivity contribution >= 4 is 17.7 Å². The third-order valence-corrected chi connectivity index (χ3v) is 9.03. The van der Waals surface area contributed by atoms with E-state index in [0.717, 1.165) is 51.7 Å². The van der Waals surface area contributed by atoms with Gasteiger partial charge in [0, 0.05) is 31.8 Å². The highest BCUT2D eigenvalue weighted by atomic mass is 16.2. The lowest BCUT2D eigenvalue weighted by molar-refractivity contribution is -0.140. The second kappa shape index (κ2) is 15.0. The third kappa shape index (κ3) is 8.43. The molecule has 0 aliphatic carbocycles. The number of carbonyl (C=O) groups excluding carboxylic acids is 3. The maximum Gasteiger partial charge on any atom is 0.249 e. The molecule has 1 aromatic rings. The van der Waals surface area contributed by atoms with Gasteiger partial charge >= 0.3 is 0 Å². The molecule has 2 aliphatic heterocycles. The number of hydrogen-bond acceptors (Lipinski definition) is 4. The number of amides is 3. The highest BCUT2D eigenvalue weighted by molar-refractivity contribution is 5.93. The van der Waals surface area contributed by atoms with Crippen molar-refractivity contribution in [2.24, 2.45) is 11.8 Å². The van der Waals surface area contributed by atoms with E-state index in [9.17, 15) is 14.4 Å². The number of hydrogen-bond donors (Lipinski definition) is 1. The molecule has 0 saturated carbocycles. The largest absolute Gasteiger partial charge is 0.343 e. The predicted molar refractivity (Wildman–Crippen MR) is 166 cm³/mol. The number of likely N-dealkylation sites (N-methyl/N-ethyl adjacent to an activating group) is 1. The van der Waals surface area contributed by atoms with Crippen LogP contribution in [0.15, 0.2) is 42.0 Å². The van der Waals surface area contributed by atoms with Gasteiger partial charge in [-0.2, -0.15) is 0 Å². The first-order valence-electron chi connectivity index (χ1n) is 15.8. The van der Waals surface area contributed by atoms with Crippen LogP contribution >= 0.6 is 0 Å². The van der Waals surface area contributed by atoms with Crippen LogP contribution in [0.5, 0.6) is 0 Å². The Labute approximate surface area is 248 Å². The van der Waals surface area contributed by atoms with Gasteiger partial charge in [-0.25, -0.2) is 0 Å². The minimum Gasteiger partial charge on any atom is -0.343 e. The maximum absolute atomic E-state index is 13.9. The molecule has 228 valence electrons. The molecule has 2 fully saturated rings. The molecule has 2 aliphatic rings. The fourth-order valence-electron chi connectivity index (χ4n) is 6.45. The molecular formula is C34H54N4O3. The summed E-state index contributed by atoms with van der Waals surface area (Å²) in [6, 6.07) is 9.75. The van der Waals surface area contributed by atoms with Gasteiger partial charge in [0.15, 0.2) is 0 Å². The monoisotopic (exact) mass is 566 g/mol. The Bertz CT molecular complexity index is 1040. The molecule has 0 radical (unpaired) electrons. The summed E-state index contributed by atoms with van der Waals surface area (Å²) in [4.78, 5) is 46.7. The summed E-state index contributed by atoms with van der Waals surface area (Å²) in [7, 11) is 1.80. The summed E-state index contributed by atoms with van der Waals surface area (Å²) < 4.78 is 0. The van der Waals surface area contributed by atoms with Gasteiger partial charge in [0.05, 0.1) is 12.1 Å². The molecule has 7 nitrogen and oxygen atoms in total. The van der Waals surface area contributed by atoms with E-state index in [4.69, 9.17) is 0 Å². The summed E-state index contributed by atoms with van der Waals surface area (Å²) in [6.07, 6.45) is 6.82. The molecule has 3 rings (SSSR count). The van der Waals surface area contributed by atoms with E-state index in [-0.39, 0.29) is 47.7 Å². The summed E-state index contributed by atoms with van der Waals surface area (Å²) in [6.45, 7) is 16.6. The Morgan fingerprint density at radius 1 is 0.902 bits per heavy atom. The molecule has 2 heterocycles. The topological polar surface area (TPSA) is 73.0 Å².